The zero-order valence-electron chi connectivity index (χ0n) is 10.6. The van der Waals surface area contributed by atoms with Crippen molar-refractivity contribution in [1.29, 1.82) is 0 Å². The van der Waals surface area contributed by atoms with Crippen LogP contribution in [0.2, 0.25) is 0 Å². The van der Waals surface area contributed by atoms with Gasteiger partial charge in [-0.05, 0) is 37.1 Å². The number of nitrogens with zero attached hydrogens (tertiary/aromatic N) is 1. The zero-order valence-corrected chi connectivity index (χ0v) is 10.6. The van der Waals surface area contributed by atoms with Crippen LogP contribution in [0.1, 0.15) is 25.5 Å². The van der Waals surface area contributed by atoms with Gasteiger partial charge in [0.15, 0.2) is 0 Å². The number of furan rings is 1. The molecule has 0 aromatic carbocycles. The van der Waals surface area contributed by atoms with E-state index in [2.05, 4.69) is 23.7 Å². The van der Waals surface area contributed by atoms with E-state index in [1.165, 1.54) is 18.4 Å². The molecule has 1 N–H and O–H groups in total. The van der Waals surface area contributed by atoms with E-state index >= 15 is 0 Å². The Morgan fingerprint density at radius 1 is 1.59 bits per heavy atom. The molecule has 0 aliphatic heterocycles. The molecular formula is C14H22N2O. The quantitative estimate of drug-likeness (QED) is 0.700. The van der Waals surface area contributed by atoms with Crippen molar-refractivity contribution in [3.8, 4) is 0 Å². The minimum Gasteiger partial charge on any atom is -0.468 e. The summed E-state index contributed by atoms with van der Waals surface area (Å²) in [6.45, 7) is 10.1. The van der Waals surface area contributed by atoms with Gasteiger partial charge in [-0.1, -0.05) is 13.5 Å². The Morgan fingerprint density at radius 3 is 3.00 bits per heavy atom. The van der Waals surface area contributed by atoms with Gasteiger partial charge >= 0.3 is 0 Å². The summed E-state index contributed by atoms with van der Waals surface area (Å²) in [6.07, 6.45) is 4.39. The minimum absolute atomic E-state index is 0.756. The first-order chi connectivity index (χ1) is 8.28. The monoisotopic (exact) mass is 234 g/mol. The second-order valence-electron chi connectivity index (χ2n) is 4.79. The fraction of sp³-hybridized carbons (Fsp3) is 0.571. The van der Waals surface area contributed by atoms with Crippen molar-refractivity contribution < 1.29 is 4.42 Å². The lowest BCUT2D eigenvalue weighted by Gasteiger charge is -2.20. The molecule has 0 amide bonds. The molecule has 3 nitrogen and oxygen atoms in total. The summed E-state index contributed by atoms with van der Waals surface area (Å²) in [5, 5.41) is 3.50. The fourth-order valence-corrected chi connectivity index (χ4v) is 1.85. The van der Waals surface area contributed by atoms with Gasteiger partial charge in [0.2, 0.25) is 0 Å². The van der Waals surface area contributed by atoms with Crippen LogP contribution in [-0.4, -0.2) is 30.6 Å². The molecule has 1 aromatic heterocycles. The molecule has 0 unspecified atom stereocenters. The Hall–Kier alpha value is -1.06. The van der Waals surface area contributed by atoms with Crippen molar-refractivity contribution in [1.82, 2.24) is 10.2 Å². The third kappa shape index (κ3) is 4.36. The third-order valence-electron chi connectivity index (χ3n) is 3.07. The molecule has 0 saturated heterocycles. The van der Waals surface area contributed by atoms with E-state index in [1.807, 2.05) is 12.1 Å². The molecule has 0 spiro atoms. The Morgan fingerprint density at radius 2 is 2.41 bits per heavy atom. The lowest BCUT2D eigenvalue weighted by molar-refractivity contribution is 0.274. The van der Waals surface area contributed by atoms with Crippen molar-refractivity contribution in [3.63, 3.8) is 0 Å². The molecule has 1 heterocycles. The van der Waals surface area contributed by atoms with Crippen LogP contribution in [0.3, 0.4) is 0 Å². The van der Waals surface area contributed by atoms with Crippen molar-refractivity contribution in [3.05, 3.63) is 36.3 Å². The average molecular weight is 234 g/mol. The highest BCUT2D eigenvalue weighted by Crippen LogP contribution is 2.18. The van der Waals surface area contributed by atoms with Gasteiger partial charge in [0, 0.05) is 19.1 Å². The van der Waals surface area contributed by atoms with Crippen LogP contribution >= 0.6 is 0 Å². The molecular weight excluding hydrogens is 212 g/mol. The molecule has 0 bridgehead atoms. The smallest absolute Gasteiger partial charge is 0.117 e. The molecule has 1 fully saturated rings. The maximum Gasteiger partial charge on any atom is 0.117 e. The zero-order chi connectivity index (χ0) is 12.1. The standard InChI is InChI=1S/C14H22N2O/c1-3-16(11-14-5-4-8-17-14)10-12(2)9-15-13-6-7-13/h4-5,8,13,15H,2-3,6-7,9-11H2,1H3. The van der Waals surface area contributed by atoms with Crippen LogP contribution in [0.15, 0.2) is 35.0 Å². The summed E-state index contributed by atoms with van der Waals surface area (Å²) >= 11 is 0. The van der Waals surface area contributed by atoms with Crippen molar-refractivity contribution in [2.75, 3.05) is 19.6 Å². The maximum absolute atomic E-state index is 5.37. The molecule has 2 rings (SSSR count). The van der Waals surface area contributed by atoms with Crippen LogP contribution in [0.5, 0.6) is 0 Å². The van der Waals surface area contributed by atoms with E-state index in [1.54, 1.807) is 6.26 Å². The van der Waals surface area contributed by atoms with E-state index in [0.717, 1.165) is 38.0 Å². The molecule has 94 valence electrons. The van der Waals surface area contributed by atoms with Crippen LogP contribution in [-0.2, 0) is 6.54 Å². The molecule has 1 saturated carbocycles. The van der Waals surface area contributed by atoms with Crippen molar-refractivity contribution >= 4 is 0 Å². The van der Waals surface area contributed by atoms with E-state index in [9.17, 15) is 0 Å². The van der Waals surface area contributed by atoms with E-state index in [4.69, 9.17) is 4.42 Å². The Kier molecular flexibility index (Phi) is 4.40. The van der Waals surface area contributed by atoms with E-state index in [-0.39, 0.29) is 0 Å². The normalized spacial score (nSPS) is 15.4. The predicted molar refractivity (Wildman–Crippen MR) is 69.8 cm³/mol. The molecule has 1 aromatic rings. The summed E-state index contributed by atoms with van der Waals surface area (Å²) in [6, 6.07) is 4.72. The average Bonchev–Trinajstić information content (AvgIpc) is 3.02. The Balaban J connectivity index is 1.71. The summed E-state index contributed by atoms with van der Waals surface area (Å²) in [5.41, 5.74) is 1.25. The van der Waals surface area contributed by atoms with Gasteiger partial charge in [0.05, 0.1) is 12.8 Å². The number of hydrogen-bond donors (Lipinski definition) is 1. The molecule has 0 radical (unpaired) electrons. The molecule has 0 atom stereocenters. The third-order valence-corrected chi connectivity index (χ3v) is 3.07. The minimum atomic E-state index is 0.756. The number of hydrogen-bond acceptors (Lipinski definition) is 3. The first-order valence-corrected chi connectivity index (χ1v) is 6.42. The second kappa shape index (κ2) is 6.03. The van der Waals surface area contributed by atoms with Gasteiger partial charge in [-0.25, -0.2) is 0 Å². The van der Waals surface area contributed by atoms with E-state index < -0.39 is 0 Å². The first-order valence-electron chi connectivity index (χ1n) is 6.42. The van der Waals surface area contributed by atoms with Crippen LogP contribution in [0.4, 0.5) is 0 Å². The van der Waals surface area contributed by atoms with Crippen LogP contribution < -0.4 is 5.32 Å². The Bertz CT molecular complexity index is 341. The number of likely N-dealkylation sites (N-methyl/N-ethyl adjacent to an activating group) is 1. The summed E-state index contributed by atoms with van der Waals surface area (Å²) < 4.78 is 5.37. The number of rotatable bonds is 8. The topological polar surface area (TPSA) is 28.4 Å². The van der Waals surface area contributed by atoms with Gasteiger partial charge in [-0.3, -0.25) is 4.90 Å². The maximum atomic E-state index is 5.37. The van der Waals surface area contributed by atoms with E-state index in [0.29, 0.717) is 0 Å². The summed E-state index contributed by atoms with van der Waals surface area (Å²) in [5.74, 6) is 1.02. The van der Waals surface area contributed by atoms with Gasteiger partial charge < -0.3 is 9.73 Å². The lowest BCUT2D eigenvalue weighted by atomic mass is 10.2. The first kappa shape index (κ1) is 12.4. The van der Waals surface area contributed by atoms with Crippen molar-refractivity contribution in [2.24, 2.45) is 0 Å². The van der Waals surface area contributed by atoms with Crippen molar-refractivity contribution in [2.45, 2.75) is 32.4 Å². The van der Waals surface area contributed by atoms with Crippen LogP contribution in [0.25, 0.3) is 0 Å². The Labute approximate surface area is 103 Å². The molecule has 1 aliphatic rings. The molecule has 3 heteroatoms. The van der Waals surface area contributed by atoms with Gasteiger partial charge in [-0.15, -0.1) is 0 Å². The second-order valence-corrected chi connectivity index (χ2v) is 4.79. The summed E-state index contributed by atoms with van der Waals surface area (Å²) in [4.78, 5) is 2.34. The highest BCUT2D eigenvalue weighted by atomic mass is 16.3. The SMILES string of the molecule is C=C(CNC1CC1)CN(CC)Cc1ccco1. The lowest BCUT2D eigenvalue weighted by Crippen LogP contribution is -2.29. The van der Waals surface area contributed by atoms with Gasteiger partial charge in [0.25, 0.3) is 0 Å². The van der Waals surface area contributed by atoms with Gasteiger partial charge in [0.1, 0.15) is 5.76 Å². The summed E-state index contributed by atoms with van der Waals surface area (Å²) in [7, 11) is 0. The molecule has 1 aliphatic carbocycles. The highest BCUT2D eigenvalue weighted by Gasteiger charge is 2.20. The highest BCUT2D eigenvalue weighted by molar-refractivity contribution is 5.04. The van der Waals surface area contributed by atoms with Crippen LogP contribution in [0, 0.1) is 0 Å². The van der Waals surface area contributed by atoms with Gasteiger partial charge in [-0.2, -0.15) is 0 Å². The number of nitrogens with one attached hydrogen (secondary N) is 1. The fourth-order valence-electron chi connectivity index (χ4n) is 1.85. The largest absolute Gasteiger partial charge is 0.468 e. The molecule has 17 heavy (non-hydrogen) atoms. The predicted octanol–water partition coefficient (Wildman–Crippen LogP) is 2.41.